The number of aromatic amines is 1. The molecule has 0 saturated heterocycles. The maximum absolute atomic E-state index is 12.5. The summed E-state index contributed by atoms with van der Waals surface area (Å²) in [7, 11) is 0. The van der Waals surface area contributed by atoms with E-state index < -0.39 is 34.6 Å². The summed E-state index contributed by atoms with van der Waals surface area (Å²) in [6, 6.07) is 4.37. The summed E-state index contributed by atoms with van der Waals surface area (Å²) in [6.07, 6.45) is -4.92. The predicted molar refractivity (Wildman–Crippen MR) is 83.1 cm³/mol. The number of benzene rings is 1. The summed E-state index contributed by atoms with van der Waals surface area (Å²) in [4.78, 5) is 38.4. The van der Waals surface area contributed by atoms with Crippen LogP contribution in [0.15, 0.2) is 38.6 Å². The van der Waals surface area contributed by atoms with E-state index >= 15 is 0 Å². The number of nitrogens with one attached hydrogen (secondary N) is 1. The smallest absolute Gasteiger partial charge is 0.406 e. The van der Waals surface area contributed by atoms with Gasteiger partial charge in [0.1, 0.15) is 5.75 Å². The number of hydrogen-bond donors (Lipinski definition) is 1. The van der Waals surface area contributed by atoms with Crippen LogP contribution in [0.5, 0.6) is 5.75 Å². The van der Waals surface area contributed by atoms with Crippen molar-refractivity contribution in [2.24, 2.45) is 5.41 Å². The summed E-state index contributed by atoms with van der Waals surface area (Å²) in [5.41, 5.74) is -3.49. The van der Waals surface area contributed by atoms with Crippen LogP contribution in [0.3, 0.4) is 0 Å². The van der Waals surface area contributed by atoms with Crippen molar-refractivity contribution in [3.05, 3.63) is 55.7 Å². The van der Waals surface area contributed by atoms with Crippen LogP contribution >= 0.6 is 0 Å². The molecule has 10 heteroatoms. The average molecular weight is 359 g/mol. The zero-order valence-electron chi connectivity index (χ0n) is 13.7. The lowest BCUT2D eigenvalue weighted by Gasteiger charge is -2.19. The Labute approximate surface area is 139 Å². The average Bonchev–Trinajstić information content (AvgIpc) is 2.41. The molecule has 1 heterocycles. The molecule has 1 N–H and O–H groups in total. The van der Waals surface area contributed by atoms with Crippen LogP contribution in [-0.2, 0) is 6.54 Å². The lowest BCUT2D eigenvalue weighted by molar-refractivity contribution is -0.274. The van der Waals surface area contributed by atoms with Gasteiger partial charge in [-0.25, -0.2) is 23.5 Å². The van der Waals surface area contributed by atoms with E-state index in [-0.39, 0.29) is 12.2 Å². The van der Waals surface area contributed by atoms with Crippen molar-refractivity contribution < 1.29 is 17.9 Å². The van der Waals surface area contributed by atoms with Crippen LogP contribution in [0.1, 0.15) is 20.8 Å². The number of ether oxygens (including phenoxy) is 1. The molecule has 2 aromatic rings. The van der Waals surface area contributed by atoms with Gasteiger partial charge in [-0.15, -0.1) is 13.2 Å². The highest BCUT2D eigenvalue weighted by molar-refractivity contribution is 5.38. The van der Waals surface area contributed by atoms with Gasteiger partial charge in [0, 0.05) is 12.6 Å². The monoisotopic (exact) mass is 359 g/mol. The molecule has 0 unspecified atom stereocenters. The molecule has 0 aliphatic carbocycles. The molecule has 2 rings (SSSR count). The second kappa shape index (κ2) is 6.26. The molecule has 0 bridgehead atoms. The van der Waals surface area contributed by atoms with Crippen LogP contribution < -0.4 is 21.8 Å². The minimum absolute atomic E-state index is 0.0141. The number of aromatic nitrogens is 3. The quantitative estimate of drug-likeness (QED) is 0.903. The lowest BCUT2D eigenvalue weighted by atomic mass is 9.97. The summed E-state index contributed by atoms with van der Waals surface area (Å²) in [5.74, 6) is -0.593. The number of hydrogen-bond acceptors (Lipinski definition) is 4. The van der Waals surface area contributed by atoms with E-state index in [2.05, 4.69) is 4.74 Å². The Morgan fingerprint density at radius 3 is 2.28 bits per heavy atom. The fourth-order valence-corrected chi connectivity index (χ4v) is 2.17. The van der Waals surface area contributed by atoms with Crippen molar-refractivity contribution in [3.63, 3.8) is 0 Å². The first kappa shape index (κ1) is 18.6. The first-order chi connectivity index (χ1) is 11.4. The molecule has 0 atom stereocenters. The van der Waals surface area contributed by atoms with Crippen molar-refractivity contribution in [2.75, 3.05) is 0 Å². The molecule has 7 nitrogen and oxygen atoms in total. The SMILES string of the molecule is CC(C)(C)Cn1c(=O)[nH]c(=O)n(-c2cccc(OC(F)(F)F)c2)c1=O. The summed E-state index contributed by atoms with van der Waals surface area (Å²) in [5, 5.41) is 0. The van der Waals surface area contributed by atoms with E-state index in [9.17, 15) is 27.6 Å². The number of rotatable bonds is 3. The molecule has 1 aromatic heterocycles. The second-order valence-corrected chi connectivity index (χ2v) is 6.55. The highest BCUT2D eigenvalue weighted by Crippen LogP contribution is 2.23. The Morgan fingerprint density at radius 2 is 1.72 bits per heavy atom. The largest absolute Gasteiger partial charge is 0.573 e. The summed E-state index contributed by atoms with van der Waals surface area (Å²) in [6.45, 7) is 5.37. The van der Waals surface area contributed by atoms with Crippen LogP contribution in [0.2, 0.25) is 0 Å². The van der Waals surface area contributed by atoms with Crippen molar-refractivity contribution in [1.29, 1.82) is 0 Å². The van der Waals surface area contributed by atoms with Crippen LogP contribution in [-0.4, -0.2) is 20.5 Å². The van der Waals surface area contributed by atoms with E-state index in [1.54, 1.807) is 20.8 Å². The predicted octanol–water partition coefficient (Wildman–Crippen LogP) is 1.63. The van der Waals surface area contributed by atoms with Crippen molar-refractivity contribution in [2.45, 2.75) is 33.7 Å². The van der Waals surface area contributed by atoms with Crippen LogP contribution in [0.4, 0.5) is 13.2 Å². The van der Waals surface area contributed by atoms with Crippen LogP contribution in [0, 0.1) is 5.41 Å². The molecule has 0 aliphatic rings. The van der Waals surface area contributed by atoms with Gasteiger partial charge in [-0.3, -0.25) is 4.98 Å². The molecule has 0 spiro atoms. The number of halogens is 3. The molecule has 0 aliphatic heterocycles. The lowest BCUT2D eigenvalue weighted by Crippen LogP contribution is -2.50. The molecule has 25 heavy (non-hydrogen) atoms. The van der Waals surface area contributed by atoms with Gasteiger partial charge in [-0.05, 0) is 17.5 Å². The number of nitrogens with zero attached hydrogens (tertiary/aromatic N) is 2. The Hall–Kier alpha value is -2.78. The van der Waals surface area contributed by atoms with Crippen molar-refractivity contribution in [3.8, 4) is 11.4 Å². The Morgan fingerprint density at radius 1 is 1.08 bits per heavy atom. The second-order valence-electron chi connectivity index (χ2n) is 6.55. The van der Waals surface area contributed by atoms with Gasteiger partial charge in [0.2, 0.25) is 0 Å². The van der Waals surface area contributed by atoms with Gasteiger partial charge in [0.25, 0.3) is 0 Å². The van der Waals surface area contributed by atoms with Gasteiger partial charge in [0.05, 0.1) is 5.69 Å². The Balaban J connectivity index is 2.63. The van der Waals surface area contributed by atoms with Crippen molar-refractivity contribution >= 4 is 0 Å². The van der Waals surface area contributed by atoms with Crippen LogP contribution in [0.25, 0.3) is 5.69 Å². The van der Waals surface area contributed by atoms with Gasteiger partial charge in [-0.2, -0.15) is 0 Å². The minimum atomic E-state index is -4.92. The van der Waals surface area contributed by atoms with E-state index in [1.807, 2.05) is 4.98 Å². The maximum Gasteiger partial charge on any atom is 0.573 e. The third-order valence-corrected chi connectivity index (χ3v) is 3.03. The first-order valence-corrected chi connectivity index (χ1v) is 7.20. The van der Waals surface area contributed by atoms with E-state index in [0.717, 1.165) is 16.7 Å². The molecule has 0 radical (unpaired) electrons. The van der Waals surface area contributed by atoms with Gasteiger partial charge >= 0.3 is 23.4 Å². The third kappa shape index (κ3) is 4.61. The van der Waals surface area contributed by atoms with Gasteiger partial charge in [0.15, 0.2) is 0 Å². The first-order valence-electron chi connectivity index (χ1n) is 7.20. The highest BCUT2D eigenvalue weighted by atomic mass is 19.4. The third-order valence-electron chi connectivity index (χ3n) is 3.03. The minimum Gasteiger partial charge on any atom is -0.406 e. The van der Waals surface area contributed by atoms with Crippen molar-refractivity contribution in [1.82, 2.24) is 14.1 Å². The number of H-pyrrole nitrogens is 1. The Kier molecular flexibility index (Phi) is 4.65. The molecule has 0 saturated carbocycles. The maximum atomic E-state index is 12.5. The van der Waals surface area contributed by atoms with Gasteiger partial charge in [-0.1, -0.05) is 26.8 Å². The summed E-state index contributed by atoms with van der Waals surface area (Å²) >= 11 is 0. The molecule has 136 valence electrons. The Bertz CT molecular complexity index is 948. The standard InChI is InChI=1S/C15H16F3N3O4/c1-14(2,3)8-20-11(22)19-12(23)21(13(20)24)9-5-4-6-10(7-9)25-15(16,17)18/h4-7H,8H2,1-3H3,(H,19,22,23). The molecular formula is C15H16F3N3O4. The van der Waals surface area contributed by atoms with Gasteiger partial charge < -0.3 is 4.74 Å². The van der Waals surface area contributed by atoms with E-state index in [0.29, 0.717) is 4.57 Å². The molecule has 1 aromatic carbocycles. The molecular weight excluding hydrogens is 343 g/mol. The molecule has 0 amide bonds. The fraction of sp³-hybridized carbons (Fsp3) is 0.400. The fourth-order valence-electron chi connectivity index (χ4n) is 2.17. The normalized spacial score (nSPS) is 12.2. The topological polar surface area (TPSA) is 86.1 Å². The zero-order chi connectivity index (χ0) is 19.0. The summed E-state index contributed by atoms with van der Waals surface area (Å²) < 4.78 is 42.2. The molecule has 0 fully saturated rings. The zero-order valence-corrected chi connectivity index (χ0v) is 13.7. The highest BCUT2D eigenvalue weighted by Gasteiger charge is 2.31. The van der Waals surface area contributed by atoms with E-state index in [4.69, 9.17) is 0 Å². The number of alkyl halides is 3. The van der Waals surface area contributed by atoms with E-state index in [1.165, 1.54) is 12.1 Å².